The van der Waals surface area contributed by atoms with Crippen LogP contribution in [0.2, 0.25) is 0 Å². The van der Waals surface area contributed by atoms with Gasteiger partial charge in [0.15, 0.2) is 18.2 Å². The van der Waals surface area contributed by atoms with Crippen LogP contribution in [0.5, 0.6) is 5.88 Å². The summed E-state index contributed by atoms with van der Waals surface area (Å²) in [7, 11) is 1.40. The van der Waals surface area contributed by atoms with Gasteiger partial charge in [-0.25, -0.2) is 4.98 Å². The minimum atomic E-state index is -1.45. The van der Waals surface area contributed by atoms with E-state index in [1.807, 2.05) is 13.8 Å². The van der Waals surface area contributed by atoms with E-state index in [0.29, 0.717) is 30.5 Å². The van der Waals surface area contributed by atoms with Crippen LogP contribution in [-0.2, 0) is 22.5 Å². The van der Waals surface area contributed by atoms with Crippen molar-refractivity contribution in [3.8, 4) is 5.88 Å². The van der Waals surface area contributed by atoms with E-state index in [1.54, 1.807) is 0 Å². The maximum absolute atomic E-state index is 13.2. The SMILES string of the molecule is CCCCc1c(O)n(CCCC)c(=O)c2c1ncn2C1OC(C(=O)NC)C(O)C1O. The number of rotatable bonds is 8. The summed E-state index contributed by atoms with van der Waals surface area (Å²) in [6, 6.07) is 0. The molecule has 4 N–H and O–H groups in total. The zero-order valence-corrected chi connectivity index (χ0v) is 17.5. The number of amides is 1. The molecule has 166 valence electrons. The predicted octanol–water partition coefficient (Wildman–Crippen LogP) is 0.411. The number of fused-ring (bicyclic) bond motifs is 1. The number of unbranched alkanes of at least 4 members (excludes halogenated alkanes) is 2. The fourth-order valence-corrected chi connectivity index (χ4v) is 3.84. The van der Waals surface area contributed by atoms with E-state index in [4.69, 9.17) is 4.74 Å². The van der Waals surface area contributed by atoms with Crippen LogP contribution in [0.4, 0.5) is 0 Å². The number of nitrogens with zero attached hydrogens (tertiary/aromatic N) is 3. The Labute approximate surface area is 174 Å². The molecule has 1 fully saturated rings. The number of hydrogen-bond donors (Lipinski definition) is 4. The van der Waals surface area contributed by atoms with Crippen molar-refractivity contribution in [2.24, 2.45) is 0 Å². The first-order valence-corrected chi connectivity index (χ1v) is 10.4. The third-order valence-corrected chi connectivity index (χ3v) is 5.59. The van der Waals surface area contributed by atoms with Crippen LogP contribution in [0, 0.1) is 0 Å². The second-order valence-corrected chi connectivity index (χ2v) is 7.61. The van der Waals surface area contributed by atoms with Crippen molar-refractivity contribution in [2.45, 2.75) is 77.0 Å². The highest BCUT2D eigenvalue weighted by Gasteiger charge is 2.47. The molecule has 0 aliphatic carbocycles. The van der Waals surface area contributed by atoms with Crippen molar-refractivity contribution in [1.29, 1.82) is 0 Å². The van der Waals surface area contributed by atoms with Gasteiger partial charge in [-0.05, 0) is 19.3 Å². The summed E-state index contributed by atoms with van der Waals surface area (Å²) >= 11 is 0. The van der Waals surface area contributed by atoms with Gasteiger partial charge in [0.25, 0.3) is 11.5 Å². The third-order valence-electron chi connectivity index (χ3n) is 5.59. The average molecular weight is 422 g/mol. The molecule has 2 aromatic rings. The zero-order valence-electron chi connectivity index (χ0n) is 17.5. The molecule has 0 aromatic carbocycles. The summed E-state index contributed by atoms with van der Waals surface area (Å²) < 4.78 is 8.29. The molecular formula is C20H30N4O6. The number of carbonyl (C=O) groups is 1. The minimum absolute atomic E-state index is 0.0872. The summed E-state index contributed by atoms with van der Waals surface area (Å²) in [5, 5.41) is 33.9. The van der Waals surface area contributed by atoms with Crippen LogP contribution in [-0.4, -0.2) is 60.7 Å². The number of nitrogens with one attached hydrogen (secondary N) is 1. The zero-order chi connectivity index (χ0) is 22.0. The van der Waals surface area contributed by atoms with E-state index >= 15 is 0 Å². The van der Waals surface area contributed by atoms with Crippen molar-refractivity contribution in [2.75, 3.05) is 7.05 Å². The van der Waals surface area contributed by atoms with Crippen LogP contribution >= 0.6 is 0 Å². The number of pyridine rings is 1. The lowest BCUT2D eigenvalue weighted by molar-refractivity contribution is -0.137. The molecule has 1 amide bonds. The van der Waals surface area contributed by atoms with Gasteiger partial charge in [0.1, 0.15) is 23.2 Å². The van der Waals surface area contributed by atoms with Gasteiger partial charge in [0, 0.05) is 19.2 Å². The molecule has 30 heavy (non-hydrogen) atoms. The smallest absolute Gasteiger partial charge is 0.279 e. The highest BCUT2D eigenvalue weighted by molar-refractivity contribution is 5.82. The molecular weight excluding hydrogens is 392 g/mol. The summed E-state index contributed by atoms with van der Waals surface area (Å²) in [6.45, 7) is 4.37. The molecule has 1 aliphatic heterocycles. The Balaban J connectivity index is 2.15. The number of aliphatic hydroxyl groups excluding tert-OH is 2. The van der Waals surface area contributed by atoms with E-state index in [9.17, 15) is 24.9 Å². The van der Waals surface area contributed by atoms with Crippen LogP contribution in [0.1, 0.15) is 51.3 Å². The average Bonchev–Trinajstić information content (AvgIpc) is 3.29. The standard InChI is InChI=1S/C20H30N4O6/c1-4-6-8-11-12-13(19(29)23(18(11)28)9-7-5-2)24(10-22-12)20-15(26)14(25)16(30-20)17(27)21-3/h10,14-16,20,25-26,28H,4-9H2,1-3H3,(H,21,27). The van der Waals surface area contributed by atoms with Crippen molar-refractivity contribution >= 4 is 16.9 Å². The molecule has 0 bridgehead atoms. The van der Waals surface area contributed by atoms with E-state index in [0.717, 1.165) is 19.3 Å². The van der Waals surface area contributed by atoms with Crippen LogP contribution in [0.15, 0.2) is 11.1 Å². The number of imidazole rings is 1. The van der Waals surface area contributed by atoms with E-state index in [1.165, 1.54) is 22.5 Å². The van der Waals surface area contributed by atoms with Gasteiger partial charge >= 0.3 is 0 Å². The Morgan fingerprint density at radius 2 is 1.93 bits per heavy atom. The van der Waals surface area contributed by atoms with E-state index < -0.39 is 36.0 Å². The number of aromatic hydroxyl groups is 1. The molecule has 0 radical (unpaired) electrons. The molecule has 10 heteroatoms. The maximum atomic E-state index is 13.2. The lowest BCUT2D eigenvalue weighted by Gasteiger charge is -2.18. The number of hydrogen-bond acceptors (Lipinski definition) is 7. The summed E-state index contributed by atoms with van der Waals surface area (Å²) in [6.07, 6.45) is -0.167. The molecule has 3 rings (SSSR count). The fourth-order valence-electron chi connectivity index (χ4n) is 3.84. The monoisotopic (exact) mass is 422 g/mol. The van der Waals surface area contributed by atoms with Crippen LogP contribution < -0.4 is 10.9 Å². The Morgan fingerprint density at radius 1 is 1.23 bits per heavy atom. The maximum Gasteiger partial charge on any atom is 0.279 e. The molecule has 2 aromatic heterocycles. The normalized spacial score (nSPS) is 23.9. The topological polar surface area (TPSA) is 139 Å². The highest BCUT2D eigenvalue weighted by Crippen LogP contribution is 2.33. The Morgan fingerprint density at radius 3 is 2.57 bits per heavy atom. The lowest BCUT2D eigenvalue weighted by Crippen LogP contribution is -2.41. The number of ether oxygens (including phenoxy) is 1. The number of aryl methyl sites for hydroxylation is 1. The molecule has 1 saturated heterocycles. The van der Waals surface area contributed by atoms with E-state index in [2.05, 4.69) is 10.3 Å². The van der Waals surface area contributed by atoms with Crippen molar-refractivity contribution < 1.29 is 24.9 Å². The Bertz CT molecular complexity index is 968. The third kappa shape index (κ3) is 3.70. The molecule has 3 heterocycles. The van der Waals surface area contributed by atoms with Gasteiger partial charge in [-0.15, -0.1) is 0 Å². The van der Waals surface area contributed by atoms with Gasteiger partial charge in [0.05, 0.1) is 6.33 Å². The van der Waals surface area contributed by atoms with Gasteiger partial charge < -0.3 is 25.4 Å². The van der Waals surface area contributed by atoms with E-state index in [-0.39, 0.29) is 11.4 Å². The molecule has 4 unspecified atom stereocenters. The van der Waals surface area contributed by atoms with Gasteiger partial charge in [-0.2, -0.15) is 0 Å². The first kappa shape index (κ1) is 22.3. The first-order chi connectivity index (χ1) is 14.4. The minimum Gasteiger partial charge on any atom is -0.494 e. The molecule has 4 atom stereocenters. The molecule has 1 aliphatic rings. The Hall–Kier alpha value is -2.43. The van der Waals surface area contributed by atoms with Crippen molar-refractivity contribution in [3.05, 3.63) is 22.2 Å². The summed E-state index contributed by atoms with van der Waals surface area (Å²) in [5.41, 5.74) is 0.621. The van der Waals surface area contributed by atoms with Gasteiger partial charge in [-0.1, -0.05) is 26.7 Å². The van der Waals surface area contributed by atoms with Crippen LogP contribution in [0.25, 0.3) is 11.0 Å². The van der Waals surface area contributed by atoms with Gasteiger partial charge in [0.2, 0.25) is 0 Å². The quantitative estimate of drug-likeness (QED) is 0.483. The highest BCUT2D eigenvalue weighted by atomic mass is 16.6. The largest absolute Gasteiger partial charge is 0.494 e. The van der Waals surface area contributed by atoms with Crippen molar-refractivity contribution in [3.63, 3.8) is 0 Å². The molecule has 0 saturated carbocycles. The van der Waals surface area contributed by atoms with Gasteiger partial charge in [-0.3, -0.25) is 18.7 Å². The number of carbonyl (C=O) groups excluding carboxylic acids is 1. The summed E-state index contributed by atoms with van der Waals surface area (Å²) in [4.78, 5) is 29.5. The van der Waals surface area contributed by atoms with Crippen molar-refractivity contribution in [1.82, 2.24) is 19.4 Å². The number of aliphatic hydroxyl groups is 2. The molecule has 10 nitrogen and oxygen atoms in total. The number of likely N-dealkylation sites (N-methyl/N-ethyl adjacent to an activating group) is 1. The summed E-state index contributed by atoms with van der Waals surface area (Å²) in [5.74, 6) is -0.661. The predicted molar refractivity (Wildman–Crippen MR) is 109 cm³/mol. The lowest BCUT2D eigenvalue weighted by atomic mass is 10.1. The first-order valence-electron chi connectivity index (χ1n) is 10.4. The second kappa shape index (κ2) is 9.15. The second-order valence-electron chi connectivity index (χ2n) is 7.61. The van der Waals surface area contributed by atoms with Crippen LogP contribution in [0.3, 0.4) is 0 Å². The fraction of sp³-hybridized carbons (Fsp3) is 0.650. The number of aromatic nitrogens is 3. The molecule has 0 spiro atoms. The Kier molecular flexibility index (Phi) is 6.79.